The number of halogens is 2. The zero-order valence-corrected chi connectivity index (χ0v) is 9.15. The lowest BCUT2D eigenvalue weighted by molar-refractivity contribution is 0.0601. The minimum Gasteiger partial charge on any atom is -0.465 e. The molecule has 0 aliphatic rings. The van der Waals surface area contributed by atoms with E-state index in [2.05, 4.69) is 20.7 Å². The molecule has 0 atom stereocenters. The summed E-state index contributed by atoms with van der Waals surface area (Å²) in [5, 5.41) is 0.218. The third kappa shape index (κ3) is 2.14. The van der Waals surface area contributed by atoms with Crippen molar-refractivity contribution in [2.24, 2.45) is 0 Å². The summed E-state index contributed by atoms with van der Waals surface area (Å²) in [5.74, 6) is -0.502. The van der Waals surface area contributed by atoms with Crippen LogP contribution in [0.3, 0.4) is 0 Å². The van der Waals surface area contributed by atoms with Crippen LogP contribution in [0.15, 0.2) is 16.6 Å². The molecule has 0 saturated heterocycles. The minimum atomic E-state index is -0.502. The highest BCUT2D eigenvalue weighted by Crippen LogP contribution is 2.28. The monoisotopic (exact) mass is 263 g/mol. The van der Waals surface area contributed by atoms with Crippen molar-refractivity contribution in [2.75, 3.05) is 12.8 Å². The van der Waals surface area contributed by atoms with E-state index in [1.807, 2.05) is 0 Å². The second-order valence-electron chi connectivity index (χ2n) is 2.35. The second-order valence-corrected chi connectivity index (χ2v) is 3.64. The normalized spacial score (nSPS) is 9.77. The van der Waals surface area contributed by atoms with Crippen molar-refractivity contribution in [3.63, 3.8) is 0 Å². The topological polar surface area (TPSA) is 52.3 Å². The lowest BCUT2D eigenvalue weighted by Crippen LogP contribution is -2.03. The van der Waals surface area contributed by atoms with Gasteiger partial charge in [-0.3, -0.25) is 0 Å². The summed E-state index contributed by atoms with van der Waals surface area (Å²) in [7, 11) is 1.29. The maximum absolute atomic E-state index is 11.2. The molecule has 0 unspecified atom stereocenters. The second kappa shape index (κ2) is 3.98. The van der Waals surface area contributed by atoms with Crippen molar-refractivity contribution in [3.8, 4) is 0 Å². The Bertz CT molecular complexity index is 354. The van der Waals surface area contributed by atoms with Gasteiger partial charge in [-0.2, -0.15) is 0 Å². The molecule has 0 fully saturated rings. The van der Waals surface area contributed by atoms with Crippen LogP contribution in [0.1, 0.15) is 10.4 Å². The summed E-state index contributed by atoms with van der Waals surface area (Å²) in [6.45, 7) is 0. The molecule has 5 heteroatoms. The van der Waals surface area contributed by atoms with Gasteiger partial charge in [0.2, 0.25) is 0 Å². The first-order chi connectivity index (χ1) is 6.06. The molecule has 0 saturated carbocycles. The average Bonchev–Trinajstić information content (AvgIpc) is 2.10. The SMILES string of the molecule is COC(=O)c1cc(Br)cc(N)c1Cl. The van der Waals surface area contributed by atoms with E-state index in [1.54, 1.807) is 12.1 Å². The Morgan fingerprint density at radius 3 is 2.77 bits per heavy atom. The lowest BCUT2D eigenvalue weighted by atomic mass is 10.2. The van der Waals surface area contributed by atoms with Gasteiger partial charge in [0.15, 0.2) is 0 Å². The van der Waals surface area contributed by atoms with Crippen LogP contribution >= 0.6 is 27.5 Å². The molecule has 1 aromatic carbocycles. The molecule has 0 amide bonds. The van der Waals surface area contributed by atoms with E-state index in [1.165, 1.54) is 7.11 Å². The van der Waals surface area contributed by atoms with Crippen molar-refractivity contribution in [2.45, 2.75) is 0 Å². The zero-order chi connectivity index (χ0) is 10.0. The van der Waals surface area contributed by atoms with Gasteiger partial charge in [-0.1, -0.05) is 27.5 Å². The summed E-state index contributed by atoms with van der Waals surface area (Å²) < 4.78 is 5.22. The number of rotatable bonds is 1. The number of nitrogen functional groups attached to an aromatic ring is 1. The molecule has 0 spiro atoms. The summed E-state index contributed by atoms with van der Waals surface area (Å²) in [4.78, 5) is 11.2. The third-order valence-corrected chi connectivity index (χ3v) is 2.35. The van der Waals surface area contributed by atoms with Crippen molar-refractivity contribution >= 4 is 39.2 Å². The van der Waals surface area contributed by atoms with Gasteiger partial charge >= 0.3 is 5.97 Å². The Balaban J connectivity index is 3.28. The van der Waals surface area contributed by atoms with Crippen molar-refractivity contribution in [1.29, 1.82) is 0 Å². The molecule has 1 aromatic rings. The average molecular weight is 265 g/mol. The van der Waals surface area contributed by atoms with Crippen LogP contribution in [0, 0.1) is 0 Å². The molecule has 0 aromatic heterocycles. The highest BCUT2D eigenvalue weighted by atomic mass is 79.9. The number of benzene rings is 1. The van der Waals surface area contributed by atoms with Gasteiger partial charge in [0.25, 0.3) is 0 Å². The Hall–Kier alpha value is -0.740. The molecule has 2 N–H and O–H groups in total. The van der Waals surface area contributed by atoms with Crippen molar-refractivity contribution in [1.82, 2.24) is 0 Å². The van der Waals surface area contributed by atoms with E-state index >= 15 is 0 Å². The van der Waals surface area contributed by atoms with E-state index in [0.717, 1.165) is 0 Å². The van der Waals surface area contributed by atoms with E-state index in [0.29, 0.717) is 10.2 Å². The van der Waals surface area contributed by atoms with Gasteiger partial charge in [0, 0.05) is 4.47 Å². The summed E-state index contributed by atoms with van der Waals surface area (Å²) in [6.07, 6.45) is 0. The largest absolute Gasteiger partial charge is 0.465 e. The van der Waals surface area contributed by atoms with Gasteiger partial charge in [-0.25, -0.2) is 4.79 Å². The summed E-state index contributed by atoms with van der Waals surface area (Å²) >= 11 is 8.99. The van der Waals surface area contributed by atoms with E-state index in [-0.39, 0.29) is 10.6 Å². The number of anilines is 1. The number of carbonyl (C=O) groups excluding carboxylic acids is 1. The summed E-state index contributed by atoms with van der Waals surface area (Å²) in [6, 6.07) is 3.18. The Morgan fingerprint density at radius 1 is 1.62 bits per heavy atom. The molecule has 1 rings (SSSR count). The van der Waals surface area contributed by atoms with Gasteiger partial charge < -0.3 is 10.5 Å². The molecular weight excluding hydrogens is 257 g/mol. The van der Waals surface area contributed by atoms with Gasteiger partial charge in [-0.05, 0) is 12.1 Å². The van der Waals surface area contributed by atoms with Gasteiger partial charge in [0.05, 0.1) is 23.4 Å². The Kier molecular flexibility index (Phi) is 3.17. The van der Waals surface area contributed by atoms with Crippen LogP contribution in [0.25, 0.3) is 0 Å². The van der Waals surface area contributed by atoms with E-state index < -0.39 is 5.97 Å². The van der Waals surface area contributed by atoms with Crippen LogP contribution in [-0.2, 0) is 4.74 Å². The first-order valence-corrected chi connectivity index (χ1v) is 4.56. The first kappa shape index (κ1) is 10.3. The first-order valence-electron chi connectivity index (χ1n) is 3.39. The molecule has 3 nitrogen and oxygen atoms in total. The fraction of sp³-hybridized carbons (Fsp3) is 0.125. The zero-order valence-electron chi connectivity index (χ0n) is 6.80. The van der Waals surface area contributed by atoms with Crippen molar-refractivity contribution in [3.05, 3.63) is 27.2 Å². The van der Waals surface area contributed by atoms with Gasteiger partial charge in [0.1, 0.15) is 0 Å². The lowest BCUT2D eigenvalue weighted by Gasteiger charge is -2.05. The van der Waals surface area contributed by atoms with Crippen LogP contribution in [-0.4, -0.2) is 13.1 Å². The van der Waals surface area contributed by atoms with Crippen LogP contribution in [0.2, 0.25) is 5.02 Å². The molecule has 13 heavy (non-hydrogen) atoms. The number of carbonyl (C=O) groups is 1. The smallest absolute Gasteiger partial charge is 0.339 e. The fourth-order valence-electron chi connectivity index (χ4n) is 0.869. The third-order valence-electron chi connectivity index (χ3n) is 1.47. The predicted molar refractivity (Wildman–Crippen MR) is 54.9 cm³/mol. The van der Waals surface area contributed by atoms with Crippen LogP contribution in [0.5, 0.6) is 0 Å². The van der Waals surface area contributed by atoms with Crippen molar-refractivity contribution < 1.29 is 9.53 Å². The summed E-state index contributed by atoms with van der Waals surface area (Å²) in [5.41, 5.74) is 6.15. The maximum Gasteiger partial charge on any atom is 0.339 e. The molecule has 0 aliphatic carbocycles. The Morgan fingerprint density at radius 2 is 2.23 bits per heavy atom. The predicted octanol–water partition coefficient (Wildman–Crippen LogP) is 2.47. The molecule has 0 bridgehead atoms. The van der Waals surface area contributed by atoms with Gasteiger partial charge in [-0.15, -0.1) is 0 Å². The number of nitrogens with two attached hydrogens (primary N) is 1. The van der Waals surface area contributed by atoms with E-state index in [4.69, 9.17) is 17.3 Å². The molecule has 0 radical (unpaired) electrons. The number of methoxy groups -OCH3 is 1. The standard InChI is InChI=1S/C8H7BrClNO2/c1-13-8(12)5-2-4(9)3-6(11)7(5)10/h2-3H,11H2,1H3. The highest BCUT2D eigenvalue weighted by molar-refractivity contribution is 9.10. The number of esters is 1. The number of ether oxygens (including phenoxy) is 1. The molecule has 70 valence electrons. The molecule has 0 heterocycles. The van der Waals surface area contributed by atoms with E-state index in [9.17, 15) is 4.79 Å². The van der Waals surface area contributed by atoms with Crippen LogP contribution < -0.4 is 5.73 Å². The quantitative estimate of drug-likeness (QED) is 0.626. The number of hydrogen-bond acceptors (Lipinski definition) is 3. The highest BCUT2D eigenvalue weighted by Gasteiger charge is 2.13. The molecular formula is C8H7BrClNO2. The fourth-order valence-corrected chi connectivity index (χ4v) is 1.53. The molecule has 0 aliphatic heterocycles. The maximum atomic E-state index is 11.2. The Labute approximate surface area is 88.9 Å². The minimum absolute atomic E-state index is 0.218. The number of hydrogen-bond donors (Lipinski definition) is 1. The van der Waals surface area contributed by atoms with Crippen LogP contribution in [0.4, 0.5) is 5.69 Å².